The number of carbonyl (C=O) groups is 2. The molecule has 2 aromatic rings. The van der Waals surface area contributed by atoms with Gasteiger partial charge in [-0.1, -0.05) is 41.9 Å². The van der Waals surface area contributed by atoms with Crippen LogP contribution in [0.3, 0.4) is 0 Å². The van der Waals surface area contributed by atoms with Gasteiger partial charge in [0.05, 0.1) is 4.47 Å². The number of rotatable bonds is 8. The molecule has 0 aromatic heterocycles. The van der Waals surface area contributed by atoms with Crippen LogP contribution in [0.1, 0.15) is 19.4 Å². The molecule has 1 atom stereocenters. The first-order valence-corrected chi connectivity index (χ1v) is 9.78. The summed E-state index contributed by atoms with van der Waals surface area (Å²) in [6, 6.07) is 14.0. The van der Waals surface area contributed by atoms with Gasteiger partial charge in [-0.15, -0.1) is 0 Å². The molecule has 2 rings (SSSR count). The number of hydrogen-bond acceptors (Lipinski definition) is 3. The van der Waals surface area contributed by atoms with Crippen LogP contribution in [-0.2, 0) is 16.1 Å². The molecule has 5 nitrogen and oxygen atoms in total. The van der Waals surface area contributed by atoms with E-state index in [0.717, 1.165) is 5.56 Å². The van der Waals surface area contributed by atoms with Crippen LogP contribution in [0.5, 0.6) is 5.75 Å². The van der Waals surface area contributed by atoms with Crippen LogP contribution in [0.2, 0.25) is 5.02 Å². The molecule has 0 fully saturated rings. The zero-order valence-corrected chi connectivity index (χ0v) is 17.6. The highest BCUT2D eigenvalue weighted by Crippen LogP contribution is 2.28. The summed E-state index contributed by atoms with van der Waals surface area (Å²) in [6.45, 7) is 4.20. The molecule has 7 heteroatoms. The molecule has 0 aliphatic rings. The Labute approximate surface area is 172 Å². The van der Waals surface area contributed by atoms with Crippen molar-refractivity contribution in [2.45, 2.75) is 26.4 Å². The number of halogens is 2. The summed E-state index contributed by atoms with van der Waals surface area (Å²) in [5, 5.41) is 3.33. The number of amides is 2. The van der Waals surface area contributed by atoms with Crippen molar-refractivity contribution in [1.82, 2.24) is 10.2 Å². The highest BCUT2D eigenvalue weighted by molar-refractivity contribution is 9.10. The molecule has 0 saturated heterocycles. The third kappa shape index (κ3) is 6.26. The van der Waals surface area contributed by atoms with Gasteiger partial charge >= 0.3 is 0 Å². The fourth-order valence-corrected chi connectivity index (χ4v) is 3.30. The summed E-state index contributed by atoms with van der Waals surface area (Å²) >= 11 is 9.28. The van der Waals surface area contributed by atoms with Crippen LogP contribution in [0.25, 0.3) is 0 Å². The Bertz CT molecular complexity index is 786. The highest BCUT2D eigenvalue weighted by Gasteiger charge is 2.26. The van der Waals surface area contributed by atoms with Crippen molar-refractivity contribution >= 4 is 39.3 Å². The van der Waals surface area contributed by atoms with Crippen molar-refractivity contribution in [3.05, 3.63) is 63.6 Å². The first-order chi connectivity index (χ1) is 12.9. The first-order valence-electron chi connectivity index (χ1n) is 8.61. The Morgan fingerprint density at radius 1 is 1.22 bits per heavy atom. The van der Waals surface area contributed by atoms with Crippen LogP contribution >= 0.6 is 27.5 Å². The van der Waals surface area contributed by atoms with E-state index in [0.29, 0.717) is 28.3 Å². The van der Waals surface area contributed by atoms with E-state index in [4.69, 9.17) is 16.3 Å². The largest absolute Gasteiger partial charge is 0.483 e. The number of nitrogens with zero attached hydrogens (tertiary/aromatic N) is 1. The molecule has 0 unspecified atom stereocenters. The lowest BCUT2D eigenvalue weighted by Crippen LogP contribution is -2.49. The molecule has 0 aliphatic carbocycles. The lowest BCUT2D eigenvalue weighted by molar-refractivity contribution is -0.142. The second-order valence-corrected chi connectivity index (χ2v) is 7.23. The highest BCUT2D eigenvalue weighted by atomic mass is 79.9. The Hall–Kier alpha value is -2.05. The van der Waals surface area contributed by atoms with E-state index in [1.165, 1.54) is 4.90 Å². The first kappa shape index (κ1) is 21.3. The third-order valence-corrected chi connectivity index (χ3v) is 4.81. The predicted octanol–water partition coefficient (Wildman–Crippen LogP) is 4.03. The van der Waals surface area contributed by atoms with E-state index in [-0.39, 0.29) is 18.4 Å². The van der Waals surface area contributed by atoms with Crippen LogP contribution in [0.4, 0.5) is 0 Å². The van der Waals surface area contributed by atoms with Crippen LogP contribution < -0.4 is 10.1 Å². The van der Waals surface area contributed by atoms with Crippen molar-refractivity contribution in [1.29, 1.82) is 0 Å². The van der Waals surface area contributed by atoms with Crippen molar-refractivity contribution < 1.29 is 14.3 Å². The summed E-state index contributed by atoms with van der Waals surface area (Å²) in [5.74, 6) is 0.0342. The van der Waals surface area contributed by atoms with Gasteiger partial charge in [0.25, 0.3) is 5.91 Å². The molecular weight excluding hydrogens is 432 g/mol. The molecule has 0 aliphatic heterocycles. The number of ether oxygens (including phenoxy) is 1. The maximum Gasteiger partial charge on any atom is 0.261 e. The number of hydrogen-bond donors (Lipinski definition) is 1. The standard InChI is InChI=1S/C20H22BrClN2O3/c1-3-23-20(26)14(2)24(12-15-7-5-4-6-8-15)19(25)13-27-18-10-9-16(22)11-17(18)21/h4-11,14H,3,12-13H2,1-2H3,(H,23,26)/t14-/m0/s1. The molecule has 2 aromatic carbocycles. The van der Waals surface area contributed by atoms with Gasteiger partial charge in [-0.25, -0.2) is 0 Å². The van der Waals surface area contributed by atoms with Gasteiger partial charge in [0, 0.05) is 18.1 Å². The Balaban J connectivity index is 2.13. The summed E-state index contributed by atoms with van der Waals surface area (Å²) in [7, 11) is 0. The van der Waals surface area contributed by atoms with Crippen molar-refractivity contribution in [3.8, 4) is 5.75 Å². The second kappa shape index (κ2) is 10.3. The Morgan fingerprint density at radius 2 is 1.93 bits per heavy atom. The topological polar surface area (TPSA) is 58.6 Å². The van der Waals surface area contributed by atoms with E-state index in [2.05, 4.69) is 21.2 Å². The molecule has 1 N–H and O–H groups in total. The quantitative estimate of drug-likeness (QED) is 0.656. The molecular formula is C20H22BrClN2O3. The molecule has 2 amide bonds. The zero-order valence-electron chi connectivity index (χ0n) is 15.2. The van der Waals surface area contributed by atoms with E-state index in [1.807, 2.05) is 37.3 Å². The molecule has 27 heavy (non-hydrogen) atoms. The fourth-order valence-electron chi connectivity index (χ4n) is 2.50. The van der Waals surface area contributed by atoms with Crippen LogP contribution in [0, 0.1) is 0 Å². The Morgan fingerprint density at radius 3 is 2.56 bits per heavy atom. The smallest absolute Gasteiger partial charge is 0.261 e. The van der Waals surface area contributed by atoms with Gasteiger partial charge in [-0.2, -0.15) is 0 Å². The minimum atomic E-state index is -0.616. The third-order valence-electron chi connectivity index (χ3n) is 3.96. The van der Waals surface area contributed by atoms with E-state index in [9.17, 15) is 9.59 Å². The van der Waals surface area contributed by atoms with Crippen molar-refractivity contribution in [2.75, 3.05) is 13.2 Å². The molecule has 144 valence electrons. The predicted molar refractivity (Wildman–Crippen MR) is 110 cm³/mol. The number of carbonyl (C=O) groups excluding carboxylic acids is 2. The molecule has 0 bridgehead atoms. The molecule has 0 spiro atoms. The normalized spacial score (nSPS) is 11.6. The van der Waals surface area contributed by atoms with E-state index in [1.54, 1.807) is 25.1 Å². The number of nitrogens with one attached hydrogen (secondary N) is 1. The van der Waals surface area contributed by atoms with Gasteiger partial charge in [-0.05, 0) is 53.5 Å². The van der Waals surface area contributed by atoms with Gasteiger partial charge in [0.15, 0.2) is 6.61 Å². The van der Waals surface area contributed by atoms with E-state index < -0.39 is 6.04 Å². The second-order valence-electron chi connectivity index (χ2n) is 5.94. The Kier molecular flexibility index (Phi) is 8.13. The van der Waals surface area contributed by atoms with Crippen molar-refractivity contribution in [3.63, 3.8) is 0 Å². The lowest BCUT2D eigenvalue weighted by atomic mass is 10.1. The van der Waals surface area contributed by atoms with Crippen LogP contribution in [0.15, 0.2) is 53.0 Å². The van der Waals surface area contributed by atoms with Gasteiger partial charge in [0.2, 0.25) is 5.91 Å². The maximum atomic E-state index is 12.8. The average Bonchev–Trinajstić information content (AvgIpc) is 2.65. The van der Waals surface area contributed by atoms with Gasteiger partial charge in [-0.3, -0.25) is 9.59 Å². The summed E-state index contributed by atoms with van der Waals surface area (Å²) < 4.78 is 6.29. The maximum absolute atomic E-state index is 12.8. The summed E-state index contributed by atoms with van der Waals surface area (Å²) in [4.78, 5) is 26.6. The zero-order chi connectivity index (χ0) is 19.8. The fraction of sp³-hybridized carbons (Fsp3) is 0.300. The summed E-state index contributed by atoms with van der Waals surface area (Å²) in [6.07, 6.45) is 0. The monoisotopic (exact) mass is 452 g/mol. The van der Waals surface area contributed by atoms with Gasteiger partial charge < -0.3 is 15.0 Å². The average molecular weight is 454 g/mol. The number of benzene rings is 2. The molecule has 0 saturated carbocycles. The molecule has 0 heterocycles. The minimum Gasteiger partial charge on any atom is -0.483 e. The van der Waals surface area contributed by atoms with Crippen LogP contribution in [-0.4, -0.2) is 35.9 Å². The molecule has 0 radical (unpaired) electrons. The number of likely N-dealkylation sites (N-methyl/N-ethyl adjacent to an activating group) is 1. The van der Waals surface area contributed by atoms with Crippen molar-refractivity contribution in [2.24, 2.45) is 0 Å². The van der Waals surface area contributed by atoms with Gasteiger partial charge in [0.1, 0.15) is 11.8 Å². The SMILES string of the molecule is CCNC(=O)[C@H](C)N(Cc1ccccc1)C(=O)COc1ccc(Cl)cc1Br. The summed E-state index contributed by atoms with van der Waals surface area (Å²) in [5.41, 5.74) is 0.940. The minimum absolute atomic E-state index is 0.184. The van der Waals surface area contributed by atoms with E-state index >= 15 is 0 Å². The lowest BCUT2D eigenvalue weighted by Gasteiger charge is -2.28.